The molecular formula is C33H38N4O22. The van der Waals surface area contributed by atoms with E-state index in [1.165, 1.54) is 6.07 Å². The third kappa shape index (κ3) is 14.6. The predicted octanol–water partition coefficient (Wildman–Crippen LogP) is 0.338. The van der Waals surface area contributed by atoms with Crippen LogP contribution in [-0.2, 0) is 49.3 Å². The second-order valence-electron chi connectivity index (χ2n) is 12.7. The van der Waals surface area contributed by atoms with Crippen molar-refractivity contribution in [1.82, 2.24) is 0 Å². The number of aliphatic hydroxyl groups is 1. The summed E-state index contributed by atoms with van der Waals surface area (Å²) in [6.07, 6.45) is -10.6. The molecule has 5 unspecified atom stereocenters. The maximum absolute atomic E-state index is 12.3. The van der Waals surface area contributed by atoms with Crippen molar-refractivity contribution in [2.24, 2.45) is 0 Å². The Morgan fingerprint density at radius 3 is 1.78 bits per heavy atom. The van der Waals surface area contributed by atoms with Crippen molar-refractivity contribution in [1.29, 1.82) is 0 Å². The predicted molar refractivity (Wildman–Crippen MR) is 189 cm³/mol. The number of aliphatic hydroxyl groups excluding tert-OH is 1. The highest BCUT2D eigenvalue weighted by Gasteiger charge is 2.52. The highest BCUT2D eigenvalue weighted by Crippen LogP contribution is 2.37. The Morgan fingerprint density at radius 1 is 0.763 bits per heavy atom. The summed E-state index contributed by atoms with van der Waals surface area (Å²) < 4.78 is 36.2. The minimum Gasteiger partial charge on any atom is -0.507 e. The first-order valence-corrected chi connectivity index (χ1v) is 17.4. The monoisotopic (exact) mass is 842 g/mol. The molecule has 3 heterocycles. The minimum absolute atomic E-state index is 0.0350. The summed E-state index contributed by atoms with van der Waals surface area (Å²) in [5.41, 5.74) is 1.86. The van der Waals surface area contributed by atoms with Crippen molar-refractivity contribution in [2.75, 3.05) is 39.4 Å². The number of esters is 4. The second-order valence-corrected chi connectivity index (χ2v) is 12.7. The average Bonchev–Trinajstić information content (AvgIpc) is 3.34. The van der Waals surface area contributed by atoms with Gasteiger partial charge in [0.05, 0.1) is 0 Å². The highest BCUT2D eigenvalue weighted by atomic mass is 16.7. The van der Waals surface area contributed by atoms with Crippen LogP contribution in [0, 0.1) is 47.4 Å². The summed E-state index contributed by atoms with van der Waals surface area (Å²) in [6.45, 7) is -0.306. The molecule has 26 nitrogen and oxygen atoms in total. The molecular weight excluding hydrogens is 804 g/mol. The lowest BCUT2D eigenvalue weighted by atomic mass is 9.98. The van der Waals surface area contributed by atoms with Gasteiger partial charge in [-0.2, -0.15) is 0 Å². The van der Waals surface area contributed by atoms with Crippen LogP contribution in [0.1, 0.15) is 43.9 Å². The van der Waals surface area contributed by atoms with Crippen LogP contribution in [-0.4, -0.2) is 124 Å². The number of allylic oxidation sites excluding steroid dienone is 1. The van der Waals surface area contributed by atoms with E-state index in [0.717, 1.165) is 5.57 Å². The lowest BCUT2D eigenvalue weighted by Crippen LogP contribution is -2.62. The molecule has 2 aromatic rings. The molecule has 0 amide bonds. The maximum Gasteiger partial charge on any atom is 0.313 e. The molecule has 1 fully saturated rings. The molecule has 0 aliphatic carbocycles. The van der Waals surface area contributed by atoms with E-state index in [-0.39, 0.29) is 16.6 Å². The molecule has 2 aliphatic heterocycles. The molecule has 0 bridgehead atoms. The van der Waals surface area contributed by atoms with Crippen LogP contribution in [0.5, 0.6) is 11.5 Å². The van der Waals surface area contributed by atoms with Crippen LogP contribution >= 0.6 is 0 Å². The molecule has 0 saturated carbocycles. The van der Waals surface area contributed by atoms with Gasteiger partial charge in [-0.05, 0) is 25.8 Å². The zero-order valence-corrected chi connectivity index (χ0v) is 31.2. The first kappa shape index (κ1) is 46.6. The first-order chi connectivity index (χ1) is 27.7. The molecule has 5 atom stereocenters. The summed E-state index contributed by atoms with van der Waals surface area (Å²) in [5.74, 6) is -4.01. The van der Waals surface area contributed by atoms with Gasteiger partial charge in [0.15, 0.2) is 30.0 Å². The fourth-order valence-electron chi connectivity index (χ4n) is 5.33. The number of hydrogen-bond donors (Lipinski definition) is 2. The van der Waals surface area contributed by atoms with Gasteiger partial charge in [-0.25, -0.2) is 0 Å². The van der Waals surface area contributed by atoms with E-state index in [9.17, 15) is 74.6 Å². The summed E-state index contributed by atoms with van der Waals surface area (Å²) in [6, 6.07) is 3.07. The number of carbonyl (C=O) groups is 4. The van der Waals surface area contributed by atoms with Crippen LogP contribution in [0.15, 0.2) is 33.0 Å². The number of fused-ring (bicyclic) bond motifs is 2. The quantitative estimate of drug-likeness (QED) is 0.0712. The van der Waals surface area contributed by atoms with Crippen LogP contribution in [0.25, 0.3) is 11.0 Å². The summed E-state index contributed by atoms with van der Waals surface area (Å²) in [7, 11) is 0. The number of phenols is 1. The Bertz CT molecular complexity index is 2030. The first-order valence-electron chi connectivity index (χ1n) is 17.4. The number of carbonyl (C=O) groups excluding carboxylic acids is 4. The van der Waals surface area contributed by atoms with E-state index in [1.54, 1.807) is 13.0 Å². The van der Waals surface area contributed by atoms with E-state index < -0.39 is 133 Å². The Balaban J connectivity index is 0.000000401. The van der Waals surface area contributed by atoms with Crippen LogP contribution < -0.4 is 10.2 Å². The van der Waals surface area contributed by atoms with Gasteiger partial charge in [-0.1, -0.05) is 6.08 Å². The van der Waals surface area contributed by atoms with Gasteiger partial charge < -0.3 is 43.1 Å². The SMILES string of the molecule is CC1=CCc2c(cc3oc(C)cc(=O)c3c2O)OC1.O=C(CC[N+](=O)[O-])OCC1OC(O)C(OC(=O)CC[N+](=O)[O-])C(OC(=O)CC[N+](=O)[O-])C1OC(=O)CC[N+](=O)[O-]. The number of rotatable bonds is 17. The zero-order chi connectivity index (χ0) is 44.0. The Morgan fingerprint density at radius 2 is 1.25 bits per heavy atom. The molecule has 0 spiro atoms. The molecule has 2 aliphatic rings. The number of nitrogens with zero attached hydrogens (tertiary/aromatic N) is 4. The van der Waals surface area contributed by atoms with Gasteiger partial charge in [-0.3, -0.25) is 64.4 Å². The van der Waals surface area contributed by atoms with Crippen LogP contribution in [0.3, 0.4) is 0 Å². The van der Waals surface area contributed by atoms with Gasteiger partial charge in [-0.15, -0.1) is 0 Å². The van der Waals surface area contributed by atoms with Gasteiger partial charge >= 0.3 is 23.9 Å². The molecule has 1 aromatic carbocycles. The highest BCUT2D eigenvalue weighted by molar-refractivity contribution is 5.87. The number of phenolic OH excluding ortho intramolecular Hbond substituents is 1. The largest absolute Gasteiger partial charge is 0.507 e. The Hall–Kier alpha value is -6.83. The van der Waals surface area contributed by atoms with Gasteiger partial charge in [0, 0.05) is 37.4 Å². The fourth-order valence-corrected chi connectivity index (χ4v) is 5.33. The zero-order valence-electron chi connectivity index (χ0n) is 31.2. The van der Waals surface area contributed by atoms with E-state index >= 15 is 0 Å². The Kier molecular flexibility index (Phi) is 17.1. The van der Waals surface area contributed by atoms with Crippen molar-refractivity contribution in [3.8, 4) is 11.5 Å². The van der Waals surface area contributed by atoms with E-state index in [1.807, 2.05) is 13.0 Å². The van der Waals surface area contributed by atoms with E-state index in [4.69, 9.17) is 32.8 Å². The second kappa shape index (κ2) is 21.6. The number of ether oxygens (including phenoxy) is 6. The summed E-state index contributed by atoms with van der Waals surface area (Å²) in [4.78, 5) is 99.3. The van der Waals surface area contributed by atoms with Crippen molar-refractivity contribution in [3.63, 3.8) is 0 Å². The smallest absolute Gasteiger partial charge is 0.313 e. The molecule has 59 heavy (non-hydrogen) atoms. The van der Waals surface area contributed by atoms with Crippen LogP contribution in [0.2, 0.25) is 0 Å². The van der Waals surface area contributed by atoms with E-state index in [2.05, 4.69) is 0 Å². The average molecular weight is 843 g/mol. The third-order valence-corrected chi connectivity index (χ3v) is 8.10. The third-order valence-electron chi connectivity index (χ3n) is 8.10. The Labute approximate surface area is 330 Å². The number of hydrogen-bond acceptors (Lipinski definition) is 22. The number of benzene rings is 1. The standard InChI is InChI=1S/C18H24N4O18.C15H14O4/c23-11(1-5-19(28)29)36-9-10-15(38-12(24)2-6-20(30)31)16(39-13(25)3-7-21(32)33)17(18(27)37-10)40-14(26)4-8-22(34)35;1-8-3-4-10-12(18-7-8)6-13-14(15(10)17)11(16)5-9(2)19-13/h10,15-18,27H,1-9H2;3,5-6,17H,4,7H2,1-2H3. The summed E-state index contributed by atoms with van der Waals surface area (Å²) >= 11 is 0. The number of nitro groups is 4. The van der Waals surface area contributed by atoms with E-state index in [0.29, 0.717) is 35.7 Å². The molecule has 1 saturated heterocycles. The molecule has 0 radical (unpaired) electrons. The molecule has 4 rings (SSSR count). The van der Waals surface area contributed by atoms with Gasteiger partial charge in [0.2, 0.25) is 26.2 Å². The number of aryl methyl sites for hydroxylation is 1. The fraction of sp³-hybridized carbons (Fsp3) is 0.545. The lowest BCUT2D eigenvalue weighted by molar-refractivity contribution is -0.479. The normalized spacial score (nSPS) is 19.5. The van der Waals surface area contributed by atoms with Crippen LogP contribution in [0.4, 0.5) is 0 Å². The molecule has 2 N–H and O–H groups in total. The van der Waals surface area contributed by atoms with Crippen molar-refractivity contribution in [2.45, 2.75) is 76.7 Å². The minimum atomic E-state index is -2.22. The maximum atomic E-state index is 12.3. The van der Waals surface area contributed by atoms with Gasteiger partial charge in [0.25, 0.3) is 0 Å². The topological polar surface area (TPSA) is 367 Å². The van der Waals surface area contributed by atoms with Crippen molar-refractivity contribution < 1.29 is 81.9 Å². The van der Waals surface area contributed by atoms with Crippen molar-refractivity contribution in [3.05, 3.63) is 85.8 Å². The molecule has 1 aromatic heterocycles. The van der Waals surface area contributed by atoms with Gasteiger partial charge in [0.1, 0.15) is 73.2 Å². The lowest BCUT2D eigenvalue weighted by Gasteiger charge is -2.42. The summed E-state index contributed by atoms with van der Waals surface area (Å²) in [5, 5.41) is 63.2. The number of aromatic hydroxyl groups is 1. The van der Waals surface area contributed by atoms with Crippen molar-refractivity contribution >= 4 is 34.8 Å². The molecule has 322 valence electrons. The molecule has 26 heteroatoms.